The van der Waals surface area contributed by atoms with Crippen molar-refractivity contribution in [2.75, 3.05) is 48.3 Å². The number of likely N-dealkylation sites (tertiary alicyclic amines) is 1. The van der Waals surface area contributed by atoms with E-state index in [9.17, 15) is 14.4 Å². The first-order valence-electron chi connectivity index (χ1n) is 24.7. The number of nitrogens with zero attached hydrogens (tertiary/aromatic N) is 11. The standard InChI is InChI=1S/C29H34N8O3.C24H26N8O/c1-5-6-18-11-13-31-22(15-18)34-27(38)20-9-7-19(8-10-20)24-23-25(30)32-17-33-26(23)37(35-24)21-12-14-36(16-21)28(39)40-29(2,3)4;1-2-3-15-8-11-27-19(12-15)30-24(33)17-6-4-16(5-7-17)21-20-22(25)28-14-29-23(20)32(31-21)18-9-10-26-13-18/h7-11,13,15,17,21H,5-6,12,14,16H2,1-4H3,(H2,30,32,33)(H,31,34,38);4-8,11-12,14,18,26H,2-3,9-10,13H2,1H3,(H2,25,28,29)(H,27,30,33)/t21-;18-/m11/s1. The lowest BCUT2D eigenvalue weighted by Gasteiger charge is -2.24. The molecule has 0 aliphatic carbocycles. The van der Waals surface area contributed by atoms with E-state index in [-0.39, 0.29) is 30.0 Å². The molecule has 2 aromatic carbocycles. The zero-order valence-corrected chi connectivity index (χ0v) is 41.7. The van der Waals surface area contributed by atoms with E-state index in [4.69, 9.17) is 26.4 Å². The molecule has 2 fully saturated rings. The van der Waals surface area contributed by atoms with Gasteiger partial charge in [0.15, 0.2) is 11.3 Å². The topological polar surface area (TPSA) is 265 Å². The summed E-state index contributed by atoms with van der Waals surface area (Å²) in [4.78, 5) is 65.8. The van der Waals surface area contributed by atoms with Gasteiger partial charge in [-0.15, -0.1) is 0 Å². The summed E-state index contributed by atoms with van der Waals surface area (Å²) in [5.41, 5.74) is 19.5. The summed E-state index contributed by atoms with van der Waals surface area (Å²) < 4.78 is 9.31. The second-order valence-corrected chi connectivity index (χ2v) is 19.2. The first kappa shape index (κ1) is 49.6. The molecule has 2 aliphatic rings. The fraction of sp³-hybridized carbons (Fsp3) is 0.340. The zero-order chi connectivity index (χ0) is 51.2. The number of hydrogen-bond donors (Lipinski definition) is 5. The number of nitrogens with two attached hydrogens (primary N) is 2. The van der Waals surface area contributed by atoms with E-state index in [2.05, 4.69) is 59.7 Å². The van der Waals surface area contributed by atoms with Gasteiger partial charge in [0.2, 0.25) is 0 Å². The lowest BCUT2D eigenvalue weighted by Crippen LogP contribution is -2.35. The fourth-order valence-electron chi connectivity index (χ4n) is 9.10. The van der Waals surface area contributed by atoms with Crippen LogP contribution in [0.3, 0.4) is 0 Å². The molecule has 8 heterocycles. The second-order valence-electron chi connectivity index (χ2n) is 19.2. The van der Waals surface area contributed by atoms with Crippen molar-refractivity contribution >= 4 is 63.2 Å². The summed E-state index contributed by atoms with van der Waals surface area (Å²) in [6.45, 7) is 12.6. The first-order chi connectivity index (χ1) is 35.3. The van der Waals surface area contributed by atoms with Crippen molar-refractivity contribution in [1.29, 1.82) is 0 Å². The van der Waals surface area contributed by atoms with E-state index in [0.29, 0.717) is 70.6 Å². The second kappa shape index (κ2) is 21.5. The molecule has 0 saturated carbocycles. The Morgan fingerprint density at radius 2 is 1.16 bits per heavy atom. The fourth-order valence-corrected chi connectivity index (χ4v) is 9.10. The van der Waals surface area contributed by atoms with E-state index in [0.717, 1.165) is 84.2 Å². The van der Waals surface area contributed by atoms with Gasteiger partial charge in [-0.1, -0.05) is 51.0 Å². The average Bonchev–Trinajstić information content (AvgIpc) is 4.22. The van der Waals surface area contributed by atoms with Crippen LogP contribution in [0.4, 0.5) is 28.1 Å². The van der Waals surface area contributed by atoms with Crippen molar-refractivity contribution in [3.8, 4) is 22.5 Å². The molecule has 2 aliphatic heterocycles. The minimum atomic E-state index is -0.568. The highest BCUT2D eigenvalue weighted by molar-refractivity contribution is 6.06. The van der Waals surface area contributed by atoms with Crippen LogP contribution in [-0.2, 0) is 17.6 Å². The van der Waals surface area contributed by atoms with E-state index in [1.54, 1.807) is 41.6 Å². The van der Waals surface area contributed by atoms with Crippen molar-refractivity contribution in [2.24, 2.45) is 0 Å². The Kier molecular flexibility index (Phi) is 14.6. The van der Waals surface area contributed by atoms with Gasteiger partial charge in [-0.3, -0.25) is 9.59 Å². The third-order valence-corrected chi connectivity index (χ3v) is 12.6. The van der Waals surface area contributed by atoms with Crippen LogP contribution in [0.15, 0.2) is 97.8 Å². The van der Waals surface area contributed by atoms with E-state index in [1.807, 2.05) is 78.7 Å². The number of benzene rings is 2. The maximum absolute atomic E-state index is 12.9. The van der Waals surface area contributed by atoms with Crippen molar-refractivity contribution in [3.63, 3.8) is 0 Å². The molecule has 2 saturated heterocycles. The first-order valence-corrected chi connectivity index (χ1v) is 24.7. The smallest absolute Gasteiger partial charge is 0.410 e. The van der Waals surface area contributed by atoms with E-state index < -0.39 is 5.60 Å². The number of amides is 3. The predicted octanol–water partition coefficient (Wildman–Crippen LogP) is 8.07. The van der Waals surface area contributed by atoms with Gasteiger partial charge in [0.05, 0.1) is 22.9 Å². The van der Waals surface area contributed by atoms with E-state index in [1.165, 1.54) is 12.7 Å². The Morgan fingerprint density at radius 1 is 0.671 bits per heavy atom. The summed E-state index contributed by atoms with van der Waals surface area (Å²) >= 11 is 0. The van der Waals surface area contributed by atoms with Crippen molar-refractivity contribution in [1.82, 2.24) is 59.7 Å². The van der Waals surface area contributed by atoms with Gasteiger partial charge < -0.3 is 37.1 Å². The lowest BCUT2D eigenvalue weighted by atomic mass is 10.1. The Balaban J connectivity index is 0.000000183. The van der Waals surface area contributed by atoms with Crippen LogP contribution in [0.1, 0.15) is 104 Å². The molecule has 0 unspecified atom stereocenters. The number of fused-ring (bicyclic) bond motifs is 2. The van der Waals surface area contributed by atoms with Crippen LogP contribution in [0.2, 0.25) is 0 Å². The van der Waals surface area contributed by atoms with E-state index >= 15 is 0 Å². The van der Waals surface area contributed by atoms with Gasteiger partial charge >= 0.3 is 6.09 Å². The molecular formula is C53H60N16O4. The molecule has 20 nitrogen and oxygen atoms in total. The highest BCUT2D eigenvalue weighted by atomic mass is 16.6. The van der Waals surface area contributed by atoms with Gasteiger partial charge in [-0.25, -0.2) is 44.1 Å². The Hall–Kier alpha value is -8.39. The number of anilines is 4. The monoisotopic (exact) mass is 984 g/mol. The summed E-state index contributed by atoms with van der Waals surface area (Å²) in [5.74, 6) is 1.32. The zero-order valence-electron chi connectivity index (χ0n) is 41.7. The molecular weight excluding hydrogens is 925 g/mol. The van der Waals surface area contributed by atoms with Crippen LogP contribution in [0.25, 0.3) is 44.6 Å². The number of ether oxygens (including phenoxy) is 1. The molecule has 8 aromatic rings. The number of carbonyl (C=O) groups excluding carboxylic acids is 3. The number of rotatable bonds is 12. The Bertz CT molecular complexity index is 3270. The van der Waals surface area contributed by atoms with Gasteiger partial charge in [0, 0.05) is 54.3 Å². The SMILES string of the molecule is CCCc1ccnc(NC(=O)c2ccc(-c3nn([C@@H]4CCN(C(=O)OC(C)(C)C)C4)c4ncnc(N)c34)cc2)c1.CCCc1ccnc(NC(=O)c2ccc(-c3nn([C@@H]4CCNC4)c4ncnc(N)c34)cc2)c1. The van der Waals surface area contributed by atoms with Crippen molar-refractivity contribution in [3.05, 3.63) is 120 Å². The number of nitrogen functional groups attached to an aromatic ring is 2. The molecule has 0 radical (unpaired) electrons. The molecule has 0 spiro atoms. The Labute approximate surface area is 422 Å². The van der Waals surface area contributed by atoms with Gasteiger partial charge in [0.25, 0.3) is 11.8 Å². The molecule has 6 aromatic heterocycles. The number of nitrogens with one attached hydrogen (secondary N) is 3. The highest BCUT2D eigenvalue weighted by Gasteiger charge is 2.33. The van der Waals surface area contributed by atoms with Crippen LogP contribution in [0, 0.1) is 0 Å². The minimum Gasteiger partial charge on any atom is -0.444 e. The van der Waals surface area contributed by atoms with Gasteiger partial charge in [-0.2, -0.15) is 10.2 Å². The third kappa shape index (κ3) is 11.2. The summed E-state index contributed by atoms with van der Waals surface area (Å²) in [6.07, 6.45) is 11.6. The van der Waals surface area contributed by atoms with Crippen LogP contribution >= 0.6 is 0 Å². The molecule has 73 heavy (non-hydrogen) atoms. The number of pyridine rings is 2. The number of carbonyl (C=O) groups is 3. The summed E-state index contributed by atoms with van der Waals surface area (Å²) in [7, 11) is 0. The lowest BCUT2D eigenvalue weighted by molar-refractivity contribution is 0.0288. The molecule has 20 heteroatoms. The predicted molar refractivity (Wildman–Crippen MR) is 281 cm³/mol. The normalized spacial score (nSPS) is 15.5. The maximum Gasteiger partial charge on any atom is 0.410 e. The molecule has 3 amide bonds. The van der Waals surface area contributed by atoms with Gasteiger partial charge in [0.1, 0.15) is 52.9 Å². The van der Waals surface area contributed by atoms with Crippen molar-refractivity contribution in [2.45, 2.75) is 90.8 Å². The number of hydrogen-bond acceptors (Lipinski definition) is 15. The van der Waals surface area contributed by atoms with Gasteiger partial charge in [-0.05, 0) is 113 Å². The molecule has 0 bridgehead atoms. The van der Waals surface area contributed by atoms with Crippen LogP contribution < -0.4 is 27.4 Å². The summed E-state index contributed by atoms with van der Waals surface area (Å²) in [6, 6.07) is 22.3. The highest BCUT2D eigenvalue weighted by Crippen LogP contribution is 2.36. The largest absolute Gasteiger partial charge is 0.444 e. The minimum absolute atomic E-state index is 0.0981. The quantitative estimate of drug-likeness (QED) is 0.0775. The third-order valence-electron chi connectivity index (χ3n) is 12.6. The average molecular weight is 985 g/mol. The van der Waals surface area contributed by atoms with Crippen molar-refractivity contribution < 1.29 is 19.1 Å². The number of aryl methyl sites for hydroxylation is 2. The number of aromatic nitrogens is 10. The maximum atomic E-state index is 12.9. The Morgan fingerprint density at radius 3 is 1.62 bits per heavy atom. The van der Waals surface area contributed by atoms with Crippen LogP contribution in [-0.4, -0.2) is 104 Å². The molecule has 376 valence electrons. The summed E-state index contributed by atoms with van der Waals surface area (Å²) in [5, 5.41) is 20.2. The molecule has 10 rings (SSSR count). The van der Waals surface area contributed by atoms with Crippen LogP contribution in [0.5, 0.6) is 0 Å². The molecule has 2 atom stereocenters. The molecule has 7 N–H and O–H groups in total.